The minimum absolute atomic E-state index is 0.145. The molecule has 0 amide bonds. The summed E-state index contributed by atoms with van der Waals surface area (Å²) in [6, 6.07) is 25.5. The molecule has 0 aliphatic carbocycles. The van der Waals surface area contributed by atoms with Gasteiger partial charge in [-0.2, -0.15) is 0 Å². The highest BCUT2D eigenvalue weighted by molar-refractivity contribution is 5.20. The van der Waals surface area contributed by atoms with Gasteiger partial charge in [0.15, 0.2) is 0 Å². The fourth-order valence-electron chi connectivity index (χ4n) is 3.44. The Labute approximate surface area is 162 Å². The third kappa shape index (κ3) is 5.75. The highest BCUT2D eigenvalue weighted by atomic mass is 16.3. The fourth-order valence-corrected chi connectivity index (χ4v) is 3.44. The summed E-state index contributed by atoms with van der Waals surface area (Å²) >= 11 is 0. The van der Waals surface area contributed by atoms with Crippen LogP contribution in [0.5, 0.6) is 0 Å². The van der Waals surface area contributed by atoms with Crippen molar-refractivity contribution < 1.29 is 5.11 Å². The largest absolute Gasteiger partial charge is 0.396 e. The minimum atomic E-state index is 0.145. The zero-order valence-corrected chi connectivity index (χ0v) is 16.0. The van der Waals surface area contributed by atoms with Gasteiger partial charge in [-0.15, -0.1) is 0 Å². The van der Waals surface area contributed by atoms with Crippen molar-refractivity contribution in [3.05, 3.63) is 101 Å². The van der Waals surface area contributed by atoms with E-state index in [0.29, 0.717) is 6.42 Å². The van der Waals surface area contributed by atoms with Crippen LogP contribution >= 0.6 is 0 Å². The van der Waals surface area contributed by atoms with Gasteiger partial charge < -0.3 is 5.11 Å². The maximum Gasteiger partial charge on any atom is 0.0449 e. The first-order valence-electron chi connectivity index (χ1n) is 9.61. The van der Waals surface area contributed by atoms with Crippen molar-refractivity contribution in [2.45, 2.75) is 32.4 Å². The van der Waals surface area contributed by atoms with Crippen molar-refractivity contribution in [3.8, 4) is 0 Å². The van der Waals surface area contributed by atoms with E-state index in [1.165, 1.54) is 16.7 Å². The Kier molecular flexibility index (Phi) is 7.14. The predicted molar refractivity (Wildman–Crippen MR) is 110 cm³/mol. The molecule has 0 saturated carbocycles. The second-order valence-corrected chi connectivity index (χ2v) is 6.95. The molecule has 3 aromatic rings. The summed E-state index contributed by atoms with van der Waals surface area (Å²) in [6.07, 6.45) is 3.64. The molecule has 0 bridgehead atoms. The molecule has 0 saturated heterocycles. The molecule has 0 radical (unpaired) electrons. The van der Waals surface area contributed by atoms with E-state index in [4.69, 9.17) is 0 Å². The maximum absolute atomic E-state index is 9.71. The number of aromatic nitrogens is 1. The minimum Gasteiger partial charge on any atom is -0.396 e. The van der Waals surface area contributed by atoms with E-state index in [-0.39, 0.29) is 12.6 Å². The number of pyridine rings is 1. The summed E-state index contributed by atoms with van der Waals surface area (Å²) < 4.78 is 0. The number of nitrogens with zero attached hydrogens (tertiary/aromatic N) is 2. The Morgan fingerprint density at radius 1 is 0.889 bits per heavy atom. The average Bonchev–Trinajstić information content (AvgIpc) is 2.72. The van der Waals surface area contributed by atoms with Crippen molar-refractivity contribution in [2.24, 2.45) is 0 Å². The van der Waals surface area contributed by atoms with Gasteiger partial charge in [0.1, 0.15) is 0 Å². The van der Waals surface area contributed by atoms with Crippen LogP contribution in [-0.4, -0.2) is 28.1 Å². The fraction of sp³-hybridized carbons (Fsp3) is 0.292. The molecule has 0 fully saturated rings. The molecule has 27 heavy (non-hydrogen) atoms. The molecule has 0 spiro atoms. The topological polar surface area (TPSA) is 36.4 Å². The van der Waals surface area contributed by atoms with Crippen molar-refractivity contribution in [1.29, 1.82) is 0 Å². The number of hydrogen-bond acceptors (Lipinski definition) is 3. The van der Waals surface area contributed by atoms with Gasteiger partial charge in [-0.25, -0.2) is 0 Å². The smallest absolute Gasteiger partial charge is 0.0449 e. The summed E-state index contributed by atoms with van der Waals surface area (Å²) in [6.45, 7) is 3.95. The standard InChI is InChI=1S/C24H28N2O/c1-20-12-13-23(18-25-20)24(15-17-27)26(19-22-10-6-3-7-11-22)16-14-21-8-4-2-5-9-21/h2-13,18,24,27H,14-17,19H2,1H3/t24-/m1/s1. The molecule has 0 aliphatic heterocycles. The molecule has 1 atom stereocenters. The van der Waals surface area contributed by atoms with E-state index < -0.39 is 0 Å². The number of rotatable bonds is 9. The van der Waals surface area contributed by atoms with Gasteiger partial charge in [-0.05, 0) is 42.5 Å². The Balaban J connectivity index is 1.83. The highest BCUT2D eigenvalue weighted by Gasteiger charge is 2.20. The van der Waals surface area contributed by atoms with Crippen LogP contribution in [0, 0.1) is 6.92 Å². The SMILES string of the molecule is Cc1ccc([C@@H](CCO)N(CCc2ccccc2)Cc2ccccc2)cn1. The zero-order chi connectivity index (χ0) is 18.9. The molecular formula is C24H28N2O. The number of aryl methyl sites for hydroxylation is 1. The lowest BCUT2D eigenvalue weighted by Crippen LogP contribution is -2.31. The van der Waals surface area contributed by atoms with Gasteiger partial charge in [0.25, 0.3) is 0 Å². The number of aliphatic hydroxyl groups is 1. The lowest BCUT2D eigenvalue weighted by molar-refractivity contribution is 0.150. The monoisotopic (exact) mass is 360 g/mol. The van der Waals surface area contributed by atoms with Crippen LogP contribution in [0.15, 0.2) is 79.0 Å². The third-order valence-electron chi connectivity index (χ3n) is 4.92. The maximum atomic E-state index is 9.71. The molecule has 1 aromatic heterocycles. The first-order chi connectivity index (χ1) is 13.3. The molecule has 3 heteroatoms. The van der Waals surface area contributed by atoms with E-state index in [2.05, 4.69) is 76.6 Å². The number of hydrogen-bond donors (Lipinski definition) is 1. The molecule has 1 heterocycles. The lowest BCUT2D eigenvalue weighted by Gasteiger charge is -2.32. The van der Waals surface area contributed by atoms with Crippen molar-refractivity contribution >= 4 is 0 Å². The van der Waals surface area contributed by atoms with Crippen LogP contribution in [0.2, 0.25) is 0 Å². The second-order valence-electron chi connectivity index (χ2n) is 6.95. The van der Waals surface area contributed by atoms with Gasteiger partial charge in [0.2, 0.25) is 0 Å². The third-order valence-corrected chi connectivity index (χ3v) is 4.92. The molecule has 0 aliphatic rings. The summed E-state index contributed by atoms with van der Waals surface area (Å²) in [5.41, 5.74) is 4.80. The van der Waals surface area contributed by atoms with E-state index in [1.807, 2.05) is 19.2 Å². The van der Waals surface area contributed by atoms with E-state index in [9.17, 15) is 5.11 Å². The lowest BCUT2D eigenvalue weighted by atomic mass is 10.0. The van der Waals surface area contributed by atoms with Crippen molar-refractivity contribution in [3.63, 3.8) is 0 Å². The summed E-state index contributed by atoms with van der Waals surface area (Å²) in [7, 11) is 0. The van der Waals surface area contributed by atoms with Crippen LogP contribution in [0.3, 0.4) is 0 Å². The molecule has 2 aromatic carbocycles. The molecule has 1 N–H and O–H groups in total. The Morgan fingerprint density at radius 2 is 1.56 bits per heavy atom. The van der Waals surface area contributed by atoms with Gasteiger partial charge in [-0.3, -0.25) is 9.88 Å². The Morgan fingerprint density at radius 3 is 2.15 bits per heavy atom. The molecule has 3 nitrogen and oxygen atoms in total. The van der Waals surface area contributed by atoms with Crippen LogP contribution in [-0.2, 0) is 13.0 Å². The average molecular weight is 361 g/mol. The van der Waals surface area contributed by atoms with E-state index in [1.54, 1.807) is 0 Å². The van der Waals surface area contributed by atoms with Gasteiger partial charge in [-0.1, -0.05) is 66.7 Å². The normalized spacial score (nSPS) is 12.3. The van der Waals surface area contributed by atoms with Crippen LogP contribution in [0.4, 0.5) is 0 Å². The molecule has 0 unspecified atom stereocenters. The van der Waals surface area contributed by atoms with Crippen LogP contribution in [0.25, 0.3) is 0 Å². The molecular weight excluding hydrogens is 332 g/mol. The van der Waals surface area contributed by atoms with Gasteiger partial charge in [0, 0.05) is 37.6 Å². The Hall–Kier alpha value is -2.49. The van der Waals surface area contributed by atoms with E-state index in [0.717, 1.165) is 25.2 Å². The van der Waals surface area contributed by atoms with Crippen LogP contribution < -0.4 is 0 Å². The number of aliphatic hydroxyl groups excluding tert-OH is 1. The van der Waals surface area contributed by atoms with Crippen molar-refractivity contribution in [2.75, 3.05) is 13.2 Å². The quantitative estimate of drug-likeness (QED) is 0.608. The van der Waals surface area contributed by atoms with Gasteiger partial charge >= 0.3 is 0 Å². The van der Waals surface area contributed by atoms with E-state index >= 15 is 0 Å². The number of benzene rings is 2. The molecule has 3 rings (SSSR count). The summed E-state index contributed by atoms with van der Waals surface area (Å²) in [5.74, 6) is 0. The van der Waals surface area contributed by atoms with Crippen molar-refractivity contribution in [1.82, 2.24) is 9.88 Å². The summed E-state index contributed by atoms with van der Waals surface area (Å²) in [4.78, 5) is 6.94. The van der Waals surface area contributed by atoms with Crippen LogP contribution in [0.1, 0.15) is 34.8 Å². The zero-order valence-electron chi connectivity index (χ0n) is 16.0. The van der Waals surface area contributed by atoms with Gasteiger partial charge in [0.05, 0.1) is 0 Å². The first-order valence-corrected chi connectivity index (χ1v) is 9.61. The highest BCUT2D eigenvalue weighted by Crippen LogP contribution is 2.26. The molecule has 140 valence electrons. The Bertz CT molecular complexity index is 788. The predicted octanol–water partition coefficient (Wildman–Crippen LogP) is 4.56. The first kappa shape index (κ1) is 19.3. The summed E-state index contributed by atoms with van der Waals surface area (Å²) in [5, 5.41) is 9.71. The second kappa shape index (κ2) is 10.0.